The number of benzene rings is 2. The first-order valence-corrected chi connectivity index (χ1v) is 7.16. The first-order chi connectivity index (χ1) is 9.56. The summed E-state index contributed by atoms with van der Waals surface area (Å²) in [5.41, 5.74) is 3.93. The maximum absolute atomic E-state index is 13.5. The smallest absolute Gasteiger partial charge is 0.127 e. The van der Waals surface area contributed by atoms with Crippen molar-refractivity contribution in [1.82, 2.24) is 5.32 Å². The minimum absolute atomic E-state index is 0.0345. The molecule has 0 heterocycles. The summed E-state index contributed by atoms with van der Waals surface area (Å²) in [4.78, 5) is 0. The molecule has 0 saturated heterocycles. The van der Waals surface area contributed by atoms with Crippen molar-refractivity contribution in [2.45, 2.75) is 26.3 Å². The Morgan fingerprint density at radius 3 is 2.40 bits per heavy atom. The average Bonchev–Trinajstić information content (AvgIpc) is 2.46. The van der Waals surface area contributed by atoms with E-state index in [9.17, 15) is 4.39 Å². The highest BCUT2D eigenvalue weighted by Crippen LogP contribution is 2.30. The van der Waals surface area contributed by atoms with Gasteiger partial charge in [0.25, 0.3) is 0 Å². The molecule has 3 heteroatoms. The number of aryl methyl sites for hydroxylation is 2. The van der Waals surface area contributed by atoms with Gasteiger partial charge < -0.3 is 5.32 Å². The molecule has 1 atom stereocenters. The summed E-state index contributed by atoms with van der Waals surface area (Å²) in [5.74, 6) is -0.269. The fraction of sp³-hybridized carbons (Fsp3) is 0.294. The molecule has 0 radical (unpaired) electrons. The molecule has 1 nitrogen and oxygen atoms in total. The average molecular weight is 292 g/mol. The van der Waals surface area contributed by atoms with Gasteiger partial charge in [0.1, 0.15) is 5.82 Å². The molecule has 20 heavy (non-hydrogen) atoms. The van der Waals surface area contributed by atoms with E-state index in [4.69, 9.17) is 11.6 Å². The lowest BCUT2D eigenvalue weighted by molar-refractivity contribution is 0.614. The molecule has 0 aliphatic rings. The van der Waals surface area contributed by atoms with Crippen molar-refractivity contribution in [3.63, 3.8) is 0 Å². The van der Waals surface area contributed by atoms with Crippen molar-refractivity contribution in [3.8, 4) is 0 Å². The summed E-state index contributed by atoms with van der Waals surface area (Å²) in [6.07, 6.45) is 1.01. The third-order valence-electron chi connectivity index (χ3n) is 3.60. The van der Waals surface area contributed by atoms with Crippen molar-refractivity contribution in [2.24, 2.45) is 0 Å². The Morgan fingerprint density at radius 2 is 1.85 bits per heavy atom. The van der Waals surface area contributed by atoms with Gasteiger partial charge in [0.2, 0.25) is 0 Å². The van der Waals surface area contributed by atoms with E-state index in [1.807, 2.05) is 13.1 Å². The second-order valence-electron chi connectivity index (χ2n) is 4.94. The van der Waals surface area contributed by atoms with Gasteiger partial charge >= 0.3 is 0 Å². The third-order valence-corrected chi connectivity index (χ3v) is 3.93. The van der Waals surface area contributed by atoms with Crippen molar-refractivity contribution in [2.75, 3.05) is 7.05 Å². The lowest BCUT2D eigenvalue weighted by Crippen LogP contribution is -2.18. The van der Waals surface area contributed by atoms with Crippen LogP contribution in [0.3, 0.4) is 0 Å². The molecule has 0 aromatic heterocycles. The standard InChI is InChI=1S/C17H19ClFN/c1-4-12-5-7-13(8-6-12)17(20-3)14-9-11(2)16(19)10-15(14)18/h5-10,17,20H,4H2,1-3H3. The van der Waals surface area contributed by atoms with Crippen molar-refractivity contribution < 1.29 is 4.39 Å². The molecule has 106 valence electrons. The maximum atomic E-state index is 13.5. The van der Waals surface area contributed by atoms with Gasteiger partial charge in [0, 0.05) is 5.02 Å². The molecule has 2 rings (SSSR count). The summed E-state index contributed by atoms with van der Waals surface area (Å²) in [7, 11) is 1.88. The summed E-state index contributed by atoms with van der Waals surface area (Å²) in [6.45, 7) is 3.88. The topological polar surface area (TPSA) is 12.0 Å². The van der Waals surface area contributed by atoms with E-state index >= 15 is 0 Å². The van der Waals surface area contributed by atoms with Crippen LogP contribution >= 0.6 is 11.6 Å². The van der Waals surface area contributed by atoms with Crippen LogP contribution in [0.4, 0.5) is 4.39 Å². The van der Waals surface area contributed by atoms with E-state index in [2.05, 4.69) is 36.5 Å². The van der Waals surface area contributed by atoms with E-state index in [1.165, 1.54) is 11.6 Å². The van der Waals surface area contributed by atoms with Crippen LogP contribution in [0.1, 0.15) is 35.2 Å². The Kier molecular flexibility index (Phi) is 4.79. The van der Waals surface area contributed by atoms with E-state index in [-0.39, 0.29) is 11.9 Å². The molecular weight excluding hydrogens is 273 g/mol. The maximum Gasteiger partial charge on any atom is 0.127 e. The molecule has 0 spiro atoms. The number of hydrogen-bond donors (Lipinski definition) is 1. The Morgan fingerprint density at radius 1 is 1.20 bits per heavy atom. The van der Waals surface area contributed by atoms with Gasteiger partial charge in [-0.3, -0.25) is 0 Å². The number of rotatable bonds is 4. The lowest BCUT2D eigenvalue weighted by Gasteiger charge is -2.19. The molecule has 0 aliphatic carbocycles. The van der Waals surface area contributed by atoms with Gasteiger partial charge in [-0.05, 0) is 54.8 Å². The first kappa shape index (κ1) is 15.0. The van der Waals surface area contributed by atoms with Crippen LogP contribution in [0.15, 0.2) is 36.4 Å². The van der Waals surface area contributed by atoms with Gasteiger partial charge in [0.05, 0.1) is 6.04 Å². The molecule has 1 N–H and O–H groups in total. The predicted molar refractivity (Wildman–Crippen MR) is 82.9 cm³/mol. The van der Waals surface area contributed by atoms with E-state index in [0.29, 0.717) is 10.6 Å². The largest absolute Gasteiger partial charge is 0.309 e. The normalized spacial score (nSPS) is 12.4. The van der Waals surface area contributed by atoms with Crippen LogP contribution in [0.5, 0.6) is 0 Å². The lowest BCUT2D eigenvalue weighted by atomic mass is 9.96. The molecule has 1 unspecified atom stereocenters. The van der Waals surface area contributed by atoms with Crippen LogP contribution in [-0.4, -0.2) is 7.05 Å². The first-order valence-electron chi connectivity index (χ1n) is 6.78. The molecule has 2 aromatic carbocycles. The SMILES string of the molecule is CCc1ccc(C(NC)c2cc(C)c(F)cc2Cl)cc1. The number of nitrogens with one attached hydrogen (secondary N) is 1. The fourth-order valence-electron chi connectivity index (χ4n) is 2.35. The highest BCUT2D eigenvalue weighted by Gasteiger charge is 2.17. The zero-order valence-electron chi connectivity index (χ0n) is 12.0. The van der Waals surface area contributed by atoms with Gasteiger partial charge in [-0.25, -0.2) is 4.39 Å². The van der Waals surface area contributed by atoms with Crippen LogP contribution < -0.4 is 5.32 Å². The van der Waals surface area contributed by atoms with Gasteiger partial charge in [0.15, 0.2) is 0 Å². The van der Waals surface area contributed by atoms with Crippen molar-refractivity contribution >= 4 is 11.6 Å². The third kappa shape index (κ3) is 3.02. The predicted octanol–water partition coefficient (Wildman–Crippen LogP) is 4.66. The van der Waals surface area contributed by atoms with Gasteiger partial charge in [-0.15, -0.1) is 0 Å². The Balaban J connectivity index is 2.43. The van der Waals surface area contributed by atoms with E-state index in [1.54, 1.807) is 6.92 Å². The summed E-state index contributed by atoms with van der Waals surface area (Å²) < 4.78 is 13.5. The Hall–Kier alpha value is -1.38. The second kappa shape index (κ2) is 6.38. The Labute approximate surface area is 124 Å². The quantitative estimate of drug-likeness (QED) is 0.864. The summed E-state index contributed by atoms with van der Waals surface area (Å²) in [5, 5.41) is 3.70. The molecule has 0 amide bonds. The Bertz CT molecular complexity index is 593. The minimum Gasteiger partial charge on any atom is -0.309 e. The highest BCUT2D eigenvalue weighted by molar-refractivity contribution is 6.31. The molecule has 0 fully saturated rings. The molecular formula is C17H19ClFN. The molecule has 0 bridgehead atoms. The van der Waals surface area contributed by atoms with Crippen molar-refractivity contribution in [1.29, 1.82) is 0 Å². The van der Waals surface area contributed by atoms with Crippen LogP contribution in [0.25, 0.3) is 0 Å². The van der Waals surface area contributed by atoms with Crippen LogP contribution in [0.2, 0.25) is 5.02 Å². The number of halogens is 2. The van der Waals surface area contributed by atoms with E-state index < -0.39 is 0 Å². The van der Waals surface area contributed by atoms with Crippen LogP contribution in [-0.2, 0) is 6.42 Å². The monoisotopic (exact) mass is 291 g/mol. The molecule has 2 aromatic rings. The number of hydrogen-bond acceptors (Lipinski definition) is 1. The molecule has 0 aliphatic heterocycles. The van der Waals surface area contributed by atoms with Crippen LogP contribution in [0, 0.1) is 12.7 Å². The van der Waals surface area contributed by atoms with E-state index in [0.717, 1.165) is 17.5 Å². The fourth-order valence-corrected chi connectivity index (χ4v) is 2.61. The minimum atomic E-state index is -0.269. The molecule has 0 saturated carbocycles. The summed E-state index contributed by atoms with van der Waals surface area (Å²) >= 11 is 6.20. The highest BCUT2D eigenvalue weighted by atomic mass is 35.5. The summed E-state index contributed by atoms with van der Waals surface area (Å²) in [6, 6.07) is 11.6. The zero-order valence-corrected chi connectivity index (χ0v) is 12.8. The second-order valence-corrected chi connectivity index (χ2v) is 5.35. The van der Waals surface area contributed by atoms with Crippen molar-refractivity contribution in [3.05, 3.63) is 69.5 Å². The van der Waals surface area contributed by atoms with Gasteiger partial charge in [-0.2, -0.15) is 0 Å². The van der Waals surface area contributed by atoms with Gasteiger partial charge in [-0.1, -0.05) is 42.8 Å². The zero-order chi connectivity index (χ0) is 14.7.